The van der Waals surface area contributed by atoms with E-state index in [-0.39, 0.29) is 0 Å². The summed E-state index contributed by atoms with van der Waals surface area (Å²) in [6.45, 7) is 4.56. The van der Waals surface area contributed by atoms with Gasteiger partial charge in [0.25, 0.3) is 0 Å². The molecule has 1 saturated heterocycles. The first-order valence-electron chi connectivity index (χ1n) is 5.09. The molecule has 1 heteroatoms. The molecule has 0 aromatic rings. The van der Waals surface area contributed by atoms with Crippen LogP contribution < -0.4 is 5.32 Å². The number of rotatable bonds is 4. The van der Waals surface area contributed by atoms with Gasteiger partial charge < -0.3 is 5.32 Å². The maximum atomic E-state index is 3.61. The molecule has 0 spiro atoms. The third-order valence-electron chi connectivity index (χ3n) is 2.62. The lowest BCUT2D eigenvalue weighted by atomic mass is 10.1. The topological polar surface area (TPSA) is 12.0 Å². The fourth-order valence-corrected chi connectivity index (χ4v) is 1.89. The van der Waals surface area contributed by atoms with Crippen LogP contribution in [0.25, 0.3) is 0 Å². The molecule has 1 heterocycles. The fraction of sp³-hybridized carbons (Fsp3) is 1.00. The molecular formula is C10H21N. The lowest BCUT2D eigenvalue weighted by Crippen LogP contribution is -2.26. The van der Waals surface area contributed by atoms with Gasteiger partial charge in [-0.15, -0.1) is 0 Å². The Hall–Kier alpha value is -0.0400. The van der Waals surface area contributed by atoms with Crippen molar-refractivity contribution < 1.29 is 0 Å². The Bertz CT molecular complexity index is 101. The predicted octanol–water partition coefficient (Wildman–Crippen LogP) is 2.71. The number of hydrogen-bond acceptors (Lipinski definition) is 1. The van der Waals surface area contributed by atoms with Gasteiger partial charge in [-0.3, -0.25) is 0 Å². The lowest BCUT2D eigenvalue weighted by Gasteiger charge is -2.10. The van der Waals surface area contributed by atoms with E-state index in [2.05, 4.69) is 19.2 Å². The van der Waals surface area contributed by atoms with Crippen molar-refractivity contribution in [2.45, 2.75) is 64.5 Å². The normalized spacial score (nSPS) is 31.1. The second-order valence-electron chi connectivity index (χ2n) is 3.84. The number of unbranched alkanes of at least 4 members (excludes halogenated alkanes) is 2. The van der Waals surface area contributed by atoms with Crippen LogP contribution in [0.3, 0.4) is 0 Å². The van der Waals surface area contributed by atoms with Crippen molar-refractivity contribution in [2.24, 2.45) is 0 Å². The molecule has 0 unspecified atom stereocenters. The zero-order valence-corrected chi connectivity index (χ0v) is 7.90. The van der Waals surface area contributed by atoms with Crippen molar-refractivity contribution in [3.05, 3.63) is 0 Å². The van der Waals surface area contributed by atoms with E-state index < -0.39 is 0 Å². The van der Waals surface area contributed by atoms with Crippen LogP contribution in [-0.2, 0) is 0 Å². The second-order valence-corrected chi connectivity index (χ2v) is 3.84. The average Bonchev–Trinajstić information content (AvgIpc) is 2.37. The highest BCUT2D eigenvalue weighted by atomic mass is 15.0. The molecule has 0 aliphatic carbocycles. The van der Waals surface area contributed by atoms with E-state index >= 15 is 0 Å². The van der Waals surface area contributed by atoms with Crippen LogP contribution in [-0.4, -0.2) is 12.1 Å². The minimum absolute atomic E-state index is 0.779. The molecule has 1 N–H and O–H groups in total. The van der Waals surface area contributed by atoms with Gasteiger partial charge in [-0.25, -0.2) is 0 Å². The molecule has 0 saturated carbocycles. The summed E-state index contributed by atoms with van der Waals surface area (Å²) in [6.07, 6.45) is 8.37. The van der Waals surface area contributed by atoms with E-state index in [0.717, 1.165) is 12.1 Å². The van der Waals surface area contributed by atoms with Crippen molar-refractivity contribution in [1.29, 1.82) is 0 Å². The molecule has 0 aromatic carbocycles. The molecule has 1 nitrogen and oxygen atoms in total. The molecule has 0 aromatic heterocycles. The van der Waals surface area contributed by atoms with Gasteiger partial charge in [0.15, 0.2) is 0 Å². The zero-order chi connectivity index (χ0) is 8.10. The summed E-state index contributed by atoms with van der Waals surface area (Å²) in [6, 6.07) is 1.62. The summed E-state index contributed by atoms with van der Waals surface area (Å²) >= 11 is 0. The van der Waals surface area contributed by atoms with E-state index in [9.17, 15) is 0 Å². The molecule has 0 radical (unpaired) electrons. The van der Waals surface area contributed by atoms with Crippen LogP contribution in [0.4, 0.5) is 0 Å². The lowest BCUT2D eigenvalue weighted by molar-refractivity contribution is 0.498. The van der Waals surface area contributed by atoms with E-state index in [1.165, 1.54) is 38.5 Å². The van der Waals surface area contributed by atoms with Crippen molar-refractivity contribution >= 4 is 0 Å². The van der Waals surface area contributed by atoms with E-state index in [4.69, 9.17) is 0 Å². The van der Waals surface area contributed by atoms with Gasteiger partial charge in [-0.1, -0.05) is 26.2 Å². The summed E-state index contributed by atoms with van der Waals surface area (Å²) in [5, 5.41) is 3.61. The Morgan fingerprint density at radius 2 is 2.09 bits per heavy atom. The van der Waals surface area contributed by atoms with E-state index in [0.29, 0.717) is 0 Å². The van der Waals surface area contributed by atoms with Crippen molar-refractivity contribution in [3.63, 3.8) is 0 Å². The van der Waals surface area contributed by atoms with Gasteiger partial charge >= 0.3 is 0 Å². The number of hydrogen-bond donors (Lipinski definition) is 1. The first-order chi connectivity index (χ1) is 5.33. The predicted molar refractivity (Wildman–Crippen MR) is 49.8 cm³/mol. The minimum atomic E-state index is 0.779. The molecule has 1 aliphatic rings. The zero-order valence-electron chi connectivity index (χ0n) is 7.90. The smallest absolute Gasteiger partial charge is 0.00701 e. The highest BCUT2D eigenvalue weighted by molar-refractivity contribution is 4.79. The van der Waals surface area contributed by atoms with Crippen LogP contribution in [0.2, 0.25) is 0 Å². The molecule has 1 aliphatic heterocycles. The third-order valence-corrected chi connectivity index (χ3v) is 2.62. The summed E-state index contributed by atoms with van der Waals surface area (Å²) < 4.78 is 0. The van der Waals surface area contributed by atoms with Crippen LogP contribution in [0.5, 0.6) is 0 Å². The average molecular weight is 155 g/mol. The van der Waals surface area contributed by atoms with Crippen LogP contribution in [0.1, 0.15) is 52.4 Å². The van der Waals surface area contributed by atoms with Gasteiger partial charge in [0, 0.05) is 12.1 Å². The Morgan fingerprint density at radius 1 is 1.27 bits per heavy atom. The quantitative estimate of drug-likeness (QED) is 0.615. The van der Waals surface area contributed by atoms with Crippen molar-refractivity contribution in [2.75, 3.05) is 0 Å². The Kier molecular flexibility index (Phi) is 3.92. The minimum Gasteiger partial charge on any atom is -0.312 e. The third kappa shape index (κ3) is 3.24. The first kappa shape index (κ1) is 9.05. The molecule has 0 bridgehead atoms. The molecule has 66 valence electrons. The highest BCUT2D eigenvalue weighted by Crippen LogP contribution is 2.16. The Balaban J connectivity index is 1.99. The maximum absolute atomic E-state index is 3.61. The molecule has 2 atom stereocenters. The van der Waals surface area contributed by atoms with Crippen LogP contribution in [0.15, 0.2) is 0 Å². The molecule has 0 amide bonds. The summed E-state index contributed by atoms with van der Waals surface area (Å²) in [5.74, 6) is 0. The Labute approximate surface area is 70.6 Å². The van der Waals surface area contributed by atoms with Crippen LogP contribution in [0, 0.1) is 0 Å². The Morgan fingerprint density at radius 3 is 2.64 bits per heavy atom. The van der Waals surface area contributed by atoms with Gasteiger partial charge in [-0.05, 0) is 26.2 Å². The van der Waals surface area contributed by atoms with E-state index in [1.807, 2.05) is 0 Å². The second kappa shape index (κ2) is 4.76. The largest absolute Gasteiger partial charge is 0.312 e. The highest BCUT2D eigenvalue weighted by Gasteiger charge is 2.18. The summed E-state index contributed by atoms with van der Waals surface area (Å²) in [5.41, 5.74) is 0. The molecule has 1 rings (SSSR count). The molecular weight excluding hydrogens is 134 g/mol. The van der Waals surface area contributed by atoms with Crippen molar-refractivity contribution in [3.8, 4) is 0 Å². The molecule has 1 fully saturated rings. The monoisotopic (exact) mass is 155 g/mol. The summed E-state index contributed by atoms with van der Waals surface area (Å²) in [4.78, 5) is 0. The fourth-order valence-electron chi connectivity index (χ4n) is 1.89. The van der Waals surface area contributed by atoms with Gasteiger partial charge in [0.2, 0.25) is 0 Å². The van der Waals surface area contributed by atoms with E-state index in [1.54, 1.807) is 0 Å². The van der Waals surface area contributed by atoms with Gasteiger partial charge in [0.05, 0.1) is 0 Å². The SMILES string of the molecule is CCCCC[C@H]1CC[C@H](C)N1. The summed E-state index contributed by atoms with van der Waals surface area (Å²) in [7, 11) is 0. The standard InChI is InChI=1S/C10H21N/c1-3-4-5-6-10-8-7-9(2)11-10/h9-11H,3-8H2,1-2H3/t9-,10-/m0/s1. The van der Waals surface area contributed by atoms with Crippen molar-refractivity contribution in [1.82, 2.24) is 5.32 Å². The number of nitrogens with one attached hydrogen (secondary N) is 1. The molecule has 11 heavy (non-hydrogen) atoms. The maximum Gasteiger partial charge on any atom is 0.00701 e. The van der Waals surface area contributed by atoms with Gasteiger partial charge in [-0.2, -0.15) is 0 Å². The van der Waals surface area contributed by atoms with Gasteiger partial charge in [0.1, 0.15) is 0 Å². The first-order valence-corrected chi connectivity index (χ1v) is 5.09. The van der Waals surface area contributed by atoms with Crippen LogP contribution >= 0.6 is 0 Å².